The smallest absolute Gasteiger partial charge is 0.144 e. The molecule has 0 aromatic heterocycles. The van der Waals surface area contributed by atoms with Gasteiger partial charge in [-0.05, 0) is 35.0 Å². The molecule has 1 fully saturated rings. The fourth-order valence-corrected chi connectivity index (χ4v) is 2.28. The SMILES string of the molecule is CC1COCCN1Cc1c(F)ccc(Br)c1F. The molecule has 0 amide bonds. The number of halogens is 3. The summed E-state index contributed by atoms with van der Waals surface area (Å²) in [5, 5.41) is 0. The summed E-state index contributed by atoms with van der Waals surface area (Å²) in [7, 11) is 0. The van der Waals surface area contributed by atoms with Crippen molar-refractivity contribution in [1.29, 1.82) is 0 Å². The van der Waals surface area contributed by atoms with Gasteiger partial charge in [-0.15, -0.1) is 0 Å². The molecule has 1 atom stereocenters. The van der Waals surface area contributed by atoms with Crippen molar-refractivity contribution in [2.24, 2.45) is 0 Å². The van der Waals surface area contributed by atoms with Crippen LogP contribution < -0.4 is 0 Å². The zero-order valence-electron chi connectivity index (χ0n) is 9.55. The number of rotatable bonds is 2. The summed E-state index contributed by atoms with van der Waals surface area (Å²) in [6, 6.07) is 2.85. The van der Waals surface area contributed by atoms with E-state index in [1.54, 1.807) is 0 Å². The van der Waals surface area contributed by atoms with E-state index in [4.69, 9.17) is 4.74 Å². The summed E-state index contributed by atoms with van der Waals surface area (Å²) in [6.07, 6.45) is 0. The van der Waals surface area contributed by atoms with Gasteiger partial charge in [0.25, 0.3) is 0 Å². The van der Waals surface area contributed by atoms with Crippen molar-refractivity contribution in [3.8, 4) is 0 Å². The summed E-state index contributed by atoms with van der Waals surface area (Å²) < 4.78 is 33.0. The van der Waals surface area contributed by atoms with Crippen molar-refractivity contribution in [2.75, 3.05) is 19.8 Å². The predicted molar refractivity (Wildman–Crippen MR) is 64.7 cm³/mol. The van der Waals surface area contributed by atoms with E-state index in [2.05, 4.69) is 15.9 Å². The lowest BCUT2D eigenvalue weighted by Gasteiger charge is -2.33. The van der Waals surface area contributed by atoms with Gasteiger partial charge >= 0.3 is 0 Å². The van der Waals surface area contributed by atoms with Gasteiger partial charge in [0.2, 0.25) is 0 Å². The lowest BCUT2D eigenvalue weighted by atomic mass is 10.1. The first-order valence-corrected chi connectivity index (χ1v) is 6.33. The number of hydrogen-bond donors (Lipinski definition) is 0. The van der Waals surface area contributed by atoms with E-state index in [9.17, 15) is 8.78 Å². The molecule has 1 aliphatic heterocycles. The van der Waals surface area contributed by atoms with Gasteiger partial charge in [0.15, 0.2) is 0 Å². The second-order valence-electron chi connectivity index (χ2n) is 4.22. The van der Waals surface area contributed by atoms with Crippen molar-refractivity contribution in [1.82, 2.24) is 4.90 Å². The number of ether oxygens (including phenoxy) is 1. The topological polar surface area (TPSA) is 12.5 Å². The molecule has 2 rings (SSSR count). The van der Waals surface area contributed by atoms with Crippen molar-refractivity contribution >= 4 is 15.9 Å². The summed E-state index contributed by atoms with van der Waals surface area (Å²) in [5.41, 5.74) is 0.119. The summed E-state index contributed by atoms with van der Waals surface area (Å²) in [5.74, 6) is -1.01. The predicted octanol–water partition coefficient (Wildman–Crippen LogP) is 2.95. The van der Waals surface area contributed by atoms with E-state index in [-0.39, 0.29) is 18.2 Å². The van der Waals surface area contributed by atoms with Gasteiger partial charge in [-0.2, -0.15) is 0 Å². The molecule has 0 spiro atoms. The van der Waals surface area contributed by atoms with Crippen LogP contribution >= 0.6 is 15.9 Å². The molecular formula is C12H14BrF2NO. The Bertz CT molecular complexity index is 414. The second kappa shape index (κ2) is 5.42. The highest BCUT2D eigenvalue weighted by molar-refractivity contribution is 9.10. The first-order valence-electron chi connectivity index (χ1n) is 5.53. The fraction of sp³-hybridized carbons (Fsp3) is 0.500. The molecule has 2 nitrogen and oxygen atoms in total. The van der Waals surface area contributed by atoms with E-state index in [0.29, 0.717) is 24.2 Å². The Labute approximate surface area is 108 Å². The minimum Gasteiger partial charge on any atom is -0.379 e. The van der Waals surface area contributed by atoms with Gasteiger partial charge in [-0.3, -0.25) is 4.90 Å². The van der Waals surface area contributed by atoms with Gasteiger partial charge in [-0.1, -0.05) is 0 Å². The van der Waals surface area contributed by atoms with E-state index >= 15 is 0 Å². The first-order chi connectivity index (χ1) is 8.09. The standard InChI is InChI=1S/C12H14BrF2NO/c1-8-7-17-5-4-16(8)6-9-11(14)3-2-10(13)12(9)15/h2-3,8H,4-7H2,1H3. The maximum Gasteiger partial charge on any atom is 0.144 e. The Kier molecular flexibility index (Phi) is 4.12. The van der Waals surface area contributed by atoms with Crippen molar-refractivity contribution in [3.63, 3.8) is 0 Å². The largest absolute Gasteiger partial charge is 0.379 e. The monoisotopic (exact) mass is 305 g/mol. The molecule has 0 aliphatic carbocycles. The van der Waals surface area contributed by atoms with Crippen LogP contribution in [0.25, 0.3) is 0 Å². The molecule has 0 radical (unpaired) electrons. The van der Waals surface area contributed by atoms with Crippen LogP contribution in [0.15, 0.2) is 16.6 Å². The molecule has 1 unspecified atom stereocenters. The van der Waals surface area contributed by atoms with E-state index < -0.39 is 11.6 Å². The zero-order valence-corrected chi connectivity index (χ0v) is 11.1. The van der Waals surface area contributed by atoms with Gasteiger partial charge in [-0.25, -0.2) is 8.78 Å². The van der Waals surface area contributed by atoms with Gasteiger partial charge in [0.05, 0.1) is 17.7 Å². The Morgan fingerprint density at radius 1 is 1.47 bits per heavy atom. The third-order valence-corrected chi connectivity index (χ3v) is 3.62. The second-order valence-corrected chi connectivity index (χ2v) is 5.07. The van der Waals surface area contributed by atoms with Crippen LogP contribution in [0.1, 0.15) is 12.5 Å². The molecule has 1 aromatic rings. The summed E-state index contributed by atoms with van der Waals surface area (Å²) >= 11 is 3.08. The average Bonchev–Trinajstić information content (AvgIpc) is 2.32. The summed E-state index contributed by atoms with van der Waals surface area (Å²) in [4.78, 5) is 2.03. The molecule has 1 aliphatic rings. The highest BCUT2D eigenvalue weighted by Crippen LogP contribution is 2.24. The fourth-order valence-electron chi connectivity index (χ4n) is 1.91. The molecule has 1 heterocycles. The molecule has 1 saturated heterocycles. The number of morpholine rings is 1. The van der Waals surface area contributed by atoms with Crippen LogP contribution in [0.4, 0.5) is 8.78 Å². The summed E-state index contributed by atoms with van der Waals surface area (Å²) in [6.45, 7) is 4.19. The highest BCUT2D eigenvalue weighted by Gasteiger charge is 2.22. The van der Waals surface area contributed by atoms with Crippen LogP contribution in [0, 0.1) is 11.6 Å². The van der Waals surface area contributed by atoms with Gasteiger partial charge < -0.3 is 4.74 Å². The third-order valence-electron chi connectivity index (χ3n) is 3.01. The van der Waals surface area contributed by atoms with Gasteiger partial charge in [0, 0.05) is 24.7 Å². The normalized spacial score (nSPS) is 21.8. The molecule has 5 heteroatoms. The third kappa shape index (κ3) is 2.84. The molecule has 0 N–H and O–H groups in total. The van der Waals surface area contributed by atoms with Crippen LogP contribution in [-0.2, 0) is 11.3 Å². The zero-order chi connectivity index (χ0) is 12.4. The quantitative estimate of drug-likeness (QED) is 0.779. The Hall–Kier alpha value is -0.520. The maximum atomic E-state index is 13.8. The maximum absolute atomic E-state index is 13.8. The van der Waals surface area contributed by atoms with Crippen LogP contribution in [0.3, 0.4) is 0 Å². The molecule has 0 bridgehead atoms. The molecular weight excluding hydrogens is 292 g/mol. The number of benzene rings is 1. The van der Waals surface area contributed by atoms with Crippen molar-refractivity contribution in [2.45, 2.75) is 19.5 Å². The van der Waals surface area contributed by atoms with Crippen LogP contribution in [-0.4, -0.2) is 30.7 Å². The first kappa shape index (κ1) is 12.9. The Balaban J connectivity index is 2.20. The van der Waals surface area contributed by atoms with Crippen molar-refractivity contribution < 1.29 is 13.5 Å². The lowest BCUT2D eigenvalue weighted by molar-refractivity contribution is -0.00528. The number of nitrogens with zero attached hydrogens (tertiary/aromatic N) is 1. The minimum absolute atomic E-state index is 0.119. The van der Waals surface area contributed by atoms with E-state index in [1.165, 1.54) is 12.1 Å². The highest BCUT2D eigenvalue weighted by atomic mass is 79.9. The molecule has 0 saturated carbocycles. The number of hydrogen-bond acceptors (Lipinski definition) is 2. The van der Waals surface area contributed by atoms with E-state index in [1.807, 2.05) is 11.8 Å². The van der Waals surface area contributed by atoms with E-state index in [0.717, 1.165) is 0 Å². The average molecular weight is 306 g/mol. The lowest BCUT2D eigenvalue weighted by Crippen LogP contribution is -2.43. The Morgan fingerprint density at radius 3 is 2.94 bits per heavy atom. The molecule has 94 valence electrons. The Morgan fingerprint density at radius 2 is 2.24 bits per heavy atom. The minimum atomic E-state index is -0.510. The van der Waals surface area contributed by atoms with Crippen LogP contribution in [0.2, 0.25) is 0 Å². The molecule has 17 heavy (non-hydrogen) atoms. The molecule has 1 aromatic carbocycles. The van der Waals surface area contributed by atoms with Gasteiger partial charge in [0.1, 0.15) is 11.6 Å². The van der Waals surface area contributed by atoms with Crippen molar-refractivity contribution in [3.05, 3.63) is 33.8 Å². The van der Waals surface area contributed by atoms with Crippen LogP contribution in [0.5, 0.6) is 0 Å².